The molecule has 0 radical (unpaired) electrons. The second-order valence-corrected chi connectivity index (χ2v) is 7.25. The first-order valence-corrected chi connectivity index (χ1v) is 8.25. The molecule has 0 aromatic carbocycles. The van der Waals surface area contributed by atoms with Gasteiger partial charge in [0, 0.05) is 11.6 Å². The number of rotatable bonds is 1. The summed E-state index contributed by atoms with van der Waals surface area (Å²) in [5, 5.41) is 7.97. The molecule has 2 nitrogen and oxygen atoms in total. The van der Waals surface area contributed by atoms with Gasteiger partial charge in [0.2, 0.25) is 0 Å². The molecular weight excluding hydrogens is 220 g/mol. The van der Waals surface area contributed by atoms with Crippen LogP contribution >= 0.6 is 0 Å². The van der Waals surface area contributed by atoms with Gasteiger partial charge in [-0.3, -0.25) is 10.6 Å². The molecule has 3 aliphatic rings. The SMILES string of the molecule is CC(C)C1NC2CCCCC2C2(CCCCC2)N1. The third kappa shape index (κ3) is 2.22. The van der Waals surface area contributed by atoms with Gasteiger partial charge >= 0.3 is 0 Å². The third-order valence-electron chi connectivity index (χ3n) is 5.72. The van der Waals surface area contributed by atoms with Gasteiger partial charge in [0.1, 0.15) is 0 Å². The molecule has 104 valence electrons. The summed E-state index contributed by atoms with van der Waals surface area (Å²) in [6, 6.07) is 0.797. The summed E-state index contributed by atoms with van der Waals surface area (Å²) in [5.41, 5.74) is 0.490. The van der Waals surface area contributed by atoms with Crippen LogP contribution < -0.4 is 10.6 Å². The van der Waals surface area contributed by atoms with Crippen molar-refractivity contribution in [3.05, 3.63) is 0 Å². The van der Waals surface area contributed by atoms with Gasteiger partial charge in [-0.1, -0.05) is 46.0 Å². The van der Waals surface area contributed by atoms with E-state index in [1.807, 2.05) is 0 Å². The van der Waals surface area contributed by atoms with Crippen molar-refractivity contribution in [3.8, 4) is 0 Å². The Balaban J connectivity index is 1.83. The molecule has 3 rings (SSSR count). The molecule has 1 saturated heterocycles. The van der Waals surface area contributed by atoms with Crippen LogP contribution in [0, 0.1) is 11.8 Å². The molecule has 0 aromatic heterocycles. The molecule has 0 amide bonds. The van der Waals surface area contributed by atoms with Gasteiger partial charge in [-0.05, 0) is 37.5 Å². The van der Waals surface area contributed by atoms with Crippen molar-refractivity contribution in [2.24, 2.45) is 11.8 Å². The minimum Gasteiger partial charge on any atom is -0.299 e. The molecule has 3 fully saturated rings. The van der Waals surface area contributed by atoms with Crippen molar-refractivity contribution in [1.29, 1.82) is 0 Å². The molecule has 2 saturated carbocycles. The van der Waals surface area contributed by atoms with Gasteiger partial charge in [-0.15, -0.1) is 0 Å². The second-order valence-electron chi connectivity index (χ2n) is 7.25. The van der Waals surface area contributed by atoms with Crippen molar-refractivity contribution < 1.29 is 0 Å². The lowest BCUT2D eigenvalue weighted by molar-refractivity contribution is 0.00805. The highest BCUT2D eigenvalue weighted by Gasteiger charge is 2.49. The van der Waals surface area contributed by atoms with Gasteiger partial charge in [-0.2, -0.15) is 0 Å². The van der Waals surface area contributed by atoms with E-state index in [0.29, 0.717) is 17.6 Å². The van der Waals surface area contributed by atoms with Gasteiger partial charge in [0.25, 0.3) is 0 Å². The van der Waals surface area contributed by atoms with E-state index in [1.165, 1.54) is 57.8 Å². The van der Waals surface area contributed by atoms with Crippen molar-refractivity contribution in [2.45, 2.75) is 89.4 Å². The first kappa shape index (κ1) is 12.9. The van der Waals surface area contributed by atoms with E-state index in [2.05, 4.69) is 24.5 Å². The highest BCUT2D eigenvalue weighted by Crippen LogP contribution is 2.44. The lowest BCUT2D eigenvalue weighted by Gasteiger charge is -2.56. The highest BCUT2D eigenvalue weighted by atomic mass is 15.2. The Morgan fingerprint density at radius 2 is 1.67 bits per heavy atom. The Labute approximate surface area is 112 Å². The fourth-order valence-electron chi connectivity index (χ4n) is 4.74. The summed E-state index contributed by atoms with van der Waals surface area (Å²) < 4.78 is 0. The van der Waals surface area contributed by atoms with Crippen LogP contribution in [0.4, 0.5) is 0 Å². The summed E-state index contributed by atoms with van der Waals surface area (Å²) in [5.74, 6) is 1.60. The summed E-state index contributed by atoms with van der Waals surface area (Å²) in [6.07, 6.45) is 13.5. The number of nitrogens with one attached hydrogen (secondary N) is 2. The third-order valence-corrected chi connectivity index (χ3v) is 5.72. The summed E-state index contributed by atoms with van der Waals surface area (Å²) in [4.78, 5) is 0. The number of hydrogen-bond acceptors (Lipinski definition) is 2. The molecular formula is C16H30N2. The maximum absolute atomic E-state index is 4.06. The zero-order valence-electron chi connectivity index (χ0n) is 12.2. The molecule has 1 aliphatic heterocycles. The topological polar surface area (TPSA) is 24.1 Å². The van der Waals surface area contributed by atoms with E-state index in [9.17, 15) is 0 Å². The minimum atomic E-state index is 0.490. The molecule has 2 heteroatoms. The van der Waals surface area contributed by atoms with Crippen LogP contribution in [0.15, 0.2) is 0 Å². The number of fused-ring (bicyclic) bond motifs is 2. The fourth-order valence-corrected chi connectivity index (χ4v) is 4.74. The van der Waals surface area contributed by atoms with Gasteiger partial charge in [0.15, 0.2) is 0 Å². The van der Waals surface area contributed by atoms with Crippen LogP contribution in [0.3, 0.4) is 0 Å². The predicted octanol–water partition coefficient (Wildman–Crippen LogP) is 3.42. The van der Waals surface area contributed by atoms with E-state index in [4.69, 9.17) is 0 Å². The van der Waals surface area contributed by atoms with Gasteiger partial charge < -0.3 is 0 Å². The summed E-state index contributed by atoms with van der Waals surface area (Å²) >= 11 is 0. The predicted molar refractivity (Wildman–Crippen MR) is 76.5 cm³/mol. The monoisotopic (exact) mass is 250 g/mol. The average Bonchev–Trinajstić information content (AvgIpc) is 2.40. The van der Waals surface area contributed by atoms with Crippen LogP contribution in [0.2, 0.25) is 0 Å². The maximum atomic E-state index is 4.06. The van der Waals surface area contributed by atoms with E-state index in [0.717, 1.165) is 12.0 Å². The molecule has 0 aromatic rings. The fraction of sp³-hybridized carbons (Fsp3) is 1.00. The molecule has 3 atom stereocenters. The van der Waals surface area contributed by atoms with E-state index < -0.39 is 0 Å². The minimum absolute atomic E-state index is 0.490. The van der Waals surface area contributed by atoms with Crippen molar-refractivity contribution >= 4 is 0 Å². The number of hydrogen-bond donors (Lipinski definition) is 2. The van der Waals surface area contributed by atoms with Crippen LogP contribution in [-0.2, 0) is 0 Å². The zero-order valence-corrected chi connectivity index (χ0v) is 12.2. The molecule has 18 heavy (non-hydrogen) atoms. The Bertz CT molecular complexity index is 281. The lowest BCUT2D eigenvalue weighted by atomic mass is 9.63. The molecule has 0 bridgehead atoms. The smallest absolute Gasteiger partial charge is 0.0601 e. The van der Waals surface area contributed by atoms with E-state index in [1.54, 1.807) is 0 Å². The van der Waals surface area contributed by atoms with Crippen LogP contribution in [-0.4, -0.2) is 17.7 Å². The van der Waals surface area contributed by atoms with Gasteiger partial charge in [-0.25, -0.2) is 0 Å². The standard InChI is InChI=1S/C16H30N2/c1-12(2)15-17-14-9-5-4-8-13(14)16(18-15)10-6-3-7-11-16/h12-15,17-18H,3-11H2,1-2H3. The van der Waals surface area contributed by atoms with Crippen LogP contribution in [0.1, 0.15) is 71.6 Å². The Hall–Kier alpha value is -0.0800. The van der Waals surface area contributed by atoms with Crippen molar-refractivity contribution in [2.75, 3.05) is 0 Å². The quantitative estimate of drug-likeness (QED) is 0.745. The van der Waals surface area contributed by atoms with Crippen molar-refractivity contribution in [3.63, 3.8) is 0 Å². The largest absolute Gasteiger partial charge is 0.299 e. The maximum Gasteiger partial charge on any atom is 0.0601 e. The van der Waals surface area contributed by atoms with Crippen LogP contribution in [0.25, 0.3) is 0 Å². The molecule has 2 aliphatic carbocycles. The zero-order chi connectivity index (χ0) is 12.6. The molecule has 1 spiro atoms. The molecule has 1 heterocycles. The lowest BCUT2D eigenvalue weighted by Crippen LogP contribution is -2.72. The Morgan fingerprint density at radius 3 is 2.39 bits per heavy atom. The van der Waals surface area contributed by atoms with Gasteiger partial charge in [0.05, 0.1) is 6.17 Å². The van der Waals surface area contributed by atoms with E-state index in [-0.39, 0.29) is 0 Å². The molecule has 3 unspecified atom stereocenters. The Morgan fingerprint density at radius 1 is 0.944 bits per heavy atom. The first-order chi connectivity index (χ1) is 8.71. The Kier molecular flexibility index (Phi) is 3.68. The highest BCUT2D eigenvalue weighted by molar-refractivity contribution is 5.07. The molecule has 2 N–H and O–H groups in total. The van der Waals surface area contributed by atoms with Crippen molar-refractivity contribution in [1.82, 2.24) is 10.6 Å². The second kappa shape index (κ2) is 5.13. The average molecular weight is 250 g/mol. The summed E-state index contributed by atoms with van der Waals surface area (Å²) in [6.45, 7) is 4.70. The normalized spacial score (nSPS) is 39.8. The van der Waals surface area contributed by atoms with E-state index >= 15 is 0 Å². The van der Waals surface area contributed by atoms with Crippen LogP contribution in [0.5, 0.6) is 0 Å². The summed E-state index contributed by atoms with van der Waals surface area (Å²) in [7, 11) is 0. The first-order valence-electron chi connectivity index (χ1n) is 8.25.